The van der Waals surface area contributed by atoms with Crippen LogP contribution in [0.4, 0.5) is 5.69 Å². The Kier molecular flexibility index (Phi) is 4.14. The van der Waals surface area contributed by atoms with Crippen molar-refractivity contribution in [2.45, 2.75) is 13.3 Å². The number of hydrogen-bond donors (Lipinski definition) is 2. The van der Waals surface area contributed by atoms with Gasteiger partial charge in [0.2, 0.25) is 0 Å². The number of aryl methyl sites for hydroxylation is 1. The summed E-state index contributed by atoms with van der Waals surface area (Å²) < 4.78 is 34.6. The molecule has 90 valence electrons. The van der Waals surface area contributed by atoms with Crippen LogP contribution >= 0.6 is 0 Å². The molecular formula is C10H15NO4S. The highest BCUT2D eigenvalue weighted by Crippen LogP contribution is 2.18. The van der Waals surface area contributed by atoms with Gasteiger partial charge in [-0.15, -0.1) is 0 Å². The van der Waals surface area contributed by atoms with Crippen molar-refractivity contribution in [1.82, 2.24) is 0 Å². The van der Waals surface area contributed by atoms with E-state index >= 15 is 0 Å². The molecule has 0 aliphatic heterocycles. The van der Waals surface area contributed by atoms with E-state index in [0.29, 0.717) is 11.4 Å². The molecule has 5 nitrogen and oxygen atoms in total. The number of benzene rings is 1. The predicted octanol–water partition coefficient (Wildman–Crippen LogP) is 1.23. The predicted molar refractivity (Wildman–Crippen MR) is 62.1 cm³/mol. The molecule has 0 bridgehead atoms. The summed E-state index contributed by atoms with van der Waals surface area (Å²) in [6.07, 6.45) is 0.243. The molecule has 0 radical (unpaired) electrons. The molecule has 1 aromatic carbocycles. The van der Waals surface area contributed by atoms with E-state index in [9.17, 15) is 8.42 Å². The molecule has 0 unspecified atom stereocenters. The smallest absolute Gasteiger partial charge is 0.264 e. The zero-order valence-electron chi connectivity index (χ0n) is 9.01. The fraction of sp³-hybridized carbons (Fsp3) is 0.400. The van der Waals surface area contributed by atoms with Gasteiger partial charge in [0.15, 0.2) is 0 Å². The molecule has 0 aromatic heterocycles. The van der Waals surface area contributed by atoms with Crippen LogP contribution in [0, 0.1) is 6.92 Å². The molecule has 0 saturated heterocycles. The molecule has 16 heavy (non-hydrogen) atoms. The van der Waals surface area contributed by atoms with Gasteiger partial charge in [-0.05, 0) is 25.0 Å². The van der Waals surface area contributed by atoms with E-state index in [2.05, 4.69) is 0 Å². The van der Waals surface area contributed by atoms with Crippen molar-refractivity contribution in [3.63, 3.8) is 0 Å². The summed E-state index contributed by atoms with van der Waals surface area (Å²) in [4.78, 5) is 0. The number of nitrogen functional groups attached to an aromatic ring is 1. The summed E-state index contributed by atoms with van der Waals surface area (Å²) in [6.45, 7) is 2.11. The molecule has 1 aromatic rings. The summed E-state index contributed by atoms with van der Waals surface area (Å²) in [7, 11) is -3.90. The highest BCUT2D eigenvalue weighted by Gasteiger charge is 2.04. The Balaban J connectivity index is 2.41. The van der Waals surface area contributed by atoms with Gasteiger partial charge in [-0.3, -0.25) is 4.55 Å². The summed E-state index contributed by atoms with van der Waals surface area (Å²) in [5.41, 5.74) is 7.27. The minimum atomic E-state index is -3.90. The molecule has 0 fully saturated rings. The molecular weight excluding hydrogens is 230 g/mol. The maximum atomic E-state index is 10.4. The second kappa shape index (κ2) is 5.18. The van der Waals surface area contributed by atoms with Gasteiger partial charge in [0.1, 0.15) is 5.75 Å². The van der Waals surface area contributed by atoms with E-state index in [1.54, 1.807) is 12.1 Å². The molecule has 0 aliphatic carbocycles. The first-order valence-electron chi connectivity index (χ1n) is 4.82. The van der Waals surface area contributed by atoms with Crippen molar-refractivity contribution in [3.05, 3.63) is 23.8 Å². The van der Waals surface area contributed by atoms with E-state index in [0.717, 1.165) is 5.56 Å². The van der Waals surface area contributed by atoms with E-state index in [4.69, 9.17) is 15.0 Å². The Hall–Kier alpha value is -1.27. The highest BCUT2D eigenvalue weighted by molar-refractivity contribution is 7.85. The molecule has 0 amide bonds. The summed E-state index contributed by atoms with van der Waals surface area (Å²) in [6, 6.07) is 5.27. The number of ether oxygens (including phenoxy) is 1. The maximum absolute atomic E-state index is 10.4. The lowest BCUT2D eigenvalue weighted by molar-refractivity contribution is 0.316. The zero-order chi connectivity index (χ0) is 12.2. The topological polar surface area (TPSA) is 89.6 Å². The molecule has 0 spiro atoms. The molecule has 6 heteroatoms. The van der Waals surface area contributed by atoms with Crippen LogP contribution in [0.5, 0.6) is 5.75 Å². The van der Waals surface area contributed by atoms with Crippen LogP contribution < -0.4 is 10.5 Å². The Labute approximate surface area is 95.0 Å². The minimum absolute atomic E-state index is 0.224. The standard InChI is InChI=1S/C10H15NO4S/c1-8-3-4-9(7-10(8)11)15-5-2-6-16(12,13)14/h3-4,7H,2,5-6,11H2,1H3,(H,12,13,14). The van der Waals surface area contributed by atoms with Gasteiger partial charge in [-0.25, -0.2) is 0 Å². The molecule has 0 saturated carbocycles. The molecule has 0 aliphatic rings. The lowest BCUT2D eigenvalue weighted by atomic mass is 10.2. The van der Waals surface area contributed by atoms with E-state index < -0.39 is 10.1 Å². The maximum Gasteiger partial charge on any atom is 0.264 e. The largest absolute Gasteiger partial charge is 0.493 e. The van der Waals surface area contributed by atoms with Crippen LogP contribution in [0.2, 0.25) is 0 Å². The number of nitrogens with two attached hydrogens (primary N) is 1. The minimum Gasteiger partial charge on any atom is -0.493 e. The van der Waals surface area contributed by atoms with Gasteiger partial charge in [0, 0.05) is 11.8 Å². The van der Waals surface area contributed by atoms with E-state index in [1.165, 1.54) is 0 Å². The zero-order valence-corrected chi connectivity index (χ0v) is 9.83. The van der Waals surface area contributed by atoms with E-state index in [-0.39, 0.29) is 18.8 Å². The van der Waals surface area contributed by atoms with E-state index in [1.807, 2.05) is 13.0 Å². The molecule has 1 rings (SSSR count). The first-order chi connectivity index (χ1) is 7.38. The summed E-state index contributed by atoms with van der Waals surface area (Å²) >= 11 is 0. The molecule has 3 N–H and O–H groups in total. The molecule has 0 atom stereocenters. The first kappa shape index (κ1) is 12.8. The second-order valence-corrected chi connectivity index (χ2v) is 5.08. The Morgan fingerprint density at radius 1 is 1.44 bits per heavy atom. The van der Waals surface area contributed by atoms with Crippen LogP contribution in [0.25, 0.3) is 0 Å². The van der Waals surface area contributed by atoms with Gasteiger partial charge in [-0.2, -0.15) is 8.42 Å². The highest BCUT2D eigenvalue weighted by atomic mass is 32.2. The average Bonchev–Trinajstić information content (AvgIpc) is 2.17. The number of rotatable bonds is 5. The Morgan fingerprint density at radius 2 is 2.12 bits per heavy atom. The van der Waals surface area contributed by atoms with Gasteiger partial charge in [0.25, 0.3) is 10.1 Å². The third-order valence-electron chi connectivity index (χ3n) is 2.07. The van der Waals surface area contributed by atoms with Crippen molar-refractivity contribution in [2.24, 2.45) is 0 Å². The van der Waals surface area contributed by atoms with Gasteiger partial charge in [-0.1, -0.05) is 6.07 Å². The first-order valence-corrected chi connectivity index (χ1v) is 6.43. The van der Waals surface area contributed by atoms with Gasteiger partial charge < -0.3 is 10.5 Å². The van der Waals surface area contributed by atoms with Gasteiger partial charge in [0.05, 0.1) is 12.4 Å². The van der Waals surface area contributed by atoms with Crippen LogP contribution in [-0.2, 0) is 10.1 Å². The lowest BCUT2D eigenvalue weighted by Crippen LogP contribution is -2.08. The normalized spacial score (nSPS) is 11.4. The number of anilines is 1. The fourth-order valence-electron chi connectivity index (χ4n) is 1.14. The third kappa shape index (κ3) is 4.50. The molecule has 0 heterocycles. The van der Waals surface area contributed by atoms with Crippen molar-refractivity contribution >= 4 is 15.8 Å². The fourth-order valence-corrected chi connectivity index (χ4v) is 1.62. The Morgan fingerprint density at radius 3 is 2.69 bits per heavy atom. The lowest BCUT2D eigenvalue weighted by Gasteiger charge is -2.07. The third-order valence-corrected chi connectivity index (χ3v) is 2.87. The summed E-state index contributed by atoms with van der Waals surface area (Å²) in [5, 5.41) is 0. The van der Waals surface area contributed by atoms with Crippen LogP contribution in [0.3, 0.4) is 0 Å². The Bertz CT molecular complexity index is 456. The van der Waals surface area contributed by atoms with Crippen molar-refractivity contribution in [2.75, 3.05) is 18.1 Å². The summed E-state index contributed by atoms with van der Waals surface area (Å²) in [5.74, 6) is 0.298. The quantitative estimate of drug-likeness (QED) is 0.462. The van der Waals surface area contributed by atoms with Crippen molar-refractivity contribution in [1.29, 1.82) is 0 Å². The van der Waals surface area contributed by atoms with Crippen molar-refractivity contribution in [3.8, 4) is 5.75 Å². The second-order valence-electron chi connectivity index (χ2n) is 3.51. The monoisotopic (exact) mass is 245 g/mol. The van der Waals surface area contributed by atoms with Crippen LogP contribution in [-0.4, -0.2) is 25.3 Å². The average molecular weight is 245 g/mol. The van der Waals surface area contributed by atoms with Crippen molar-refractivity contribution < 1.29 is 17.7 Å². The van der Waals surface area contributed by atoms with Crippen LogP contribution in [0.15, 0.2) is 18.2 Å². The number of hydrogen-bond acceptors (Lipinski definition) is 4. The SMILES string of the molecule is Cc1ccc(OCCCS(=O)(=O)O)cc1N. The van der Waals surface area contributed by atoms with Gasteiger partial charge >= 0.3 is 0 Å². The van der Waals surface area contributed by atoms with Crippen LogP contribution in [0.1, 0.15) is 12.0 Å².